The Morgan fingerprint density at radius 2 is 2.19 bits per heavy atom. The summed E-state index contributed by atoms with van der Waals surface area (Å²) in [6, 6.07) is 5.28. The molecule has 2 rings (SSSR count). The minimum Gasteiger partial charge on any atom is -0.497 e. The summed E-state index contributed by atoms with van der Waals surface area (Å²) >= 11 is 6.03. The predicted molar refractivity (Wildman–Crippen MR) is 61.4 cm³/mol. The number of aromatic nitrogens is 1. The summed E-state index contributed by atoms with van der Waals surface area (Å²) in [4.78, 5) is 11.0. The van der Waals surface area contributed by atoms with E-state index in [9.17, 15) is 4.79 Å². The highest BCUT2D eigenvalue weighted by Gasteiger charge is 2.19. The molecule has 0 saturated carbocycles. The highest BCUT2D eigenvalue weighted by molar-refractivity contribution is 6.38. The van der Waals surface area contributed by atoms with Gasteiger partial charge in [-0.1, -0.05) is 11.6 Å². The summed E-state index contributed by atoms with van der Waals surface area (Å²) in [5, 5.41) is 9.96. The quantitative estimate of drug-likeness (QED) is 0.876. The molecule has 16 heavy (non-hydrogen) atoms. The standard InChI is InChI=1S/C11H10ClNO3/c1-13-8-4-3-6(16-2)5-7(8)9(12)10(13)11(14)15/h3-5H,1-2H3,(H,14,15). The number of fused-ring (bicyclic) bond motifs is 1. The minimum absolute atomic E-state index is 0.0879. The van der Waals surface area contributed by atoms with Crippen LogP contribution in [-0.4, -0.2) is 22.8 Å². The van der Waals surface area contributed by atoms with Crippen molar-refractivity contribution in [3.05, 3.63) is 28.9 Å². The maximum absolute atomic E-state index is 11.0. The molecule has 0 amide bonds. The maximum atomic E-state index is 11.0. The van der Waals surface area contributed by atoms with E-state index in [0.717, 1.165) is 5.52 Å². The van der Waals surface area contributed by atoms with Gasteiger partial charge in [-0.15, -0.1) is 0 Å². The number of aryl methyl sites for hydroxylation is 1. The van der Waals surface area contributed by atoms with Crippen LogP contribution in [0.1, 0.15) is 10.5 Å². The van der Waals surface area contributed by atoms with Crippen molar-refractivity contribution in [2.75, 3.05) is 7.11 Å². The van der Waals surface area contributed by atoms with E-state index in [4.69, 9.17) is 21.4 Å². The Morgan fingerprint density at radius 1 is 1.50 bits per heavy atom. The molecule has 1 aromatic heterocycles. The largest absolute Gasteiger partial charge is 0.497 e. The second-order valence-electron chi connectivity index (χ2n) is 3.41. The Kier molecular flexibility index (Phi) is 2.52. The smallest absolute Gasteiger partial charge is 0.354 e. The molecular formula is C11H10ClNO3. The van der Waals surface area contributed by atoms with Crippen molar-refractivity contribution in [1.82, 2.24) is 4.57 Å². The lowest BCUT2D eigenvalue weighted by molar-refractivity contribution is 0.0687. The Labute approximate surface area is 97.0 Å². The number of methoxy groups -OCH3 is 1. The van der Waals surface area contributed by atoms with Crippen LogP contribution in [0.5, 0.6) is 5.75 Å². The molecule has 0 fully saturated rings. The highest BCUT2D eigenvalue weighted by Crippen LogP contribution is 2.32. The number of hydrogen-bond acceptors (Lipinski definition) is 2. The minimum atomic E-state index is -1.04. The first-order chi connectivity index (χ1) is 7.56. The molecule has 0 spiro atoms. The van der Waals surface area contributed by atoms with Crippen LogP contribution in [-0.2, 0) is 7.05 Å². The maximum Gasteiger partial charge on any atom is 0.354 e. The fourth-order valence-electron chi connectivity index (χ4n) is 1.74. The first-order valence-corrected chi connectivity index (χ1v) is 4.99. The Bertz CT molecular complexity index is 574. The molecule has 4 nitrogen and oxygen atoms in total. The van der Waals surface area contributed by atoms with Crippen LogP contribution in [0, 0.1) is 0 Å². The van der Waals surface area contributed by atoms with E-state index in [-0.39, 0.29) is 10.7 Å². The van der Waals surface area contributed by atoms with E-state index < -0.39 is 5.97 Å². The molecule has 84 valence electrons. The van der Waals surface area contributed by atoms with Gasteiger partial charge in [0.15, 0.2) is 0 Å². The number of rotatable bonds is 2. The summed E-state index contributed by atoms with van der Waals surface area (Å²) < 4.78 is 6.63. The fraction of sp³-hybridized carbons (Fsp3) is 0.182. The number of carboxylic acids is 1. The Hall–Kier alpha value is -1.68. The van der Waals surface area contributed by atoms with Crippen molar-refractivity contribution in [1.29, 1.82) is 0 Å². The van der Waals surface area contributed by atoms with Gasteiger partial charge >= 0.3 is 5.97 Å². The summed E-state index contributed by atoms with van der Waals surface area (Å²) in [5.74, 6) is -0.389. The van der Waals surface area contributed by atoms with Crippen LogP contribution >= 0.6 is 11.6 Å². The van der Waals surface area contributed by atoms with Crippen molar-refractivity contribution in [3.63, 3.8) is 0 Å². The summed E-state index contributed by atoms with van der Waals surface area (Å²) in [7, 11) is 3.22. The number of nitrogens with zero attached hydrogens (tertiary/aromatic N) is 1. The lowest BCUT2D eigenvalue weighted by atomic mass is 10.2. The SMILES string of the molecule is COc1ccc2c(c1)c(Cl)c(C(=O)O)n2C. The molecule has 0 aliphatic carbocycles. The topological polar surface area (TPSA) is 51.5 Å². The van der Waals surface area contributed by atoms with Gasteiger partial charge in [-0.25, -0.2) is 4.79 Å². The fourth-order valence-corrected chi connectivity index (χ4v) is 2.10. The molecule has 0 atom stereocenters. The van der Waals surface area contributed by atoms with Crippen LogP contribution in [0.3, 0.4) is 0 Å². The van der Waals surface area contributed by atoms with E-state index in [1.54, 1.807) is 36.9 Å². The van der Waals surface area contributed by atoms with Crippen LogP contribution in [0.15, 0.2) is 18.2 Å². The predicted octanol–water partition coefficient (Wildman–Crippen LogP) is 2.54. The van der Waals surface area contributed by atoms with Gasteiger partial charge in [-0.2, -0.15) is 0 Å². The zero-order valence-electron chi connectivity index (χ0n) is 8.82. The van der Waals surface area contributed by atoms with Gasteiger partial charge in [0, 0.05) is 12.4 Å². The lowest BCUT2D eigenvalue weighted by Gasteiger charge is -2.00. The third-order valence-electron chi connectivity index (χ3n) is 2.55. The molecule has 5 heteroatoms. The molecule has 0 bridgehead atoms. The molecule has 0 aliphatic heterocycles. The third kappa shape index (κ3) is 1.42. The molecule has 1 aromatic carbocycles. The number of halogens is 1. The van der Waals surface area contributed by atoms with Gasteiger partial charge < -0.3 is 14.4 Å². The van der Waals surface area contributed by atoms with Gasteiger partial charge in [-0.05, 0) is 18.2 Å². The van der Waals surface area contributed by atoms with Crippen LogP contribution in [0.25, 0.3) is 10.9 Å². The molecule has 0 saturated heterocycles. The zero-order valence-corrected chi connectivity index (χ0v) is 9.58. The molecule has 2 aromatic rings. The van der Waals surface area contributed by atoms with Gasteiger partial charge in [0.05, 0.1) is 17.6 Å². The van der Waals surface area contributed by atoms with Crippen LogP contribution in [0.2, 0.25) is 5.02 Å². The number of ether oxygens (including phenoxy) is 1. The molecular weight excluding hydrogens is 230 g/mol. The monoisotopic (exact) mass is 239 g/mol. The van der Waals surface area contributed by atoms with Crippen molar-refractivity contribution in [2.24, 2.45) is 7.05 Å². The van der Waals surface area contributed by atoms with Gasteiger partial charge in [0.1, 0.15) is 11.4 Å². The van der Waals surface area contributed by atoms with E-state index in [1.807, 2.05) is 0 Å². The van der Waals surface area contributed by atoms with E-state index in [2.05, 4.69) is 0 Å². The van der Waals surface area contributed by atoms with E-state index in [0.29, 0.717) is 11.1 Å². The summed E-state index contributed by atoms with van der Waals surface area (Å²) in [6.07, 6.45) is 0. The van der Waals surface area contributed by atoms with Crippen molar-refractivity contribution >= 4 is 28.5 Å². The highest BCUT2D eigenvalue weighted by atomic mass is 35.5. The summed E-state index contributed by atoms with van der Waals surface area (Å²) in [5.41, 5.74) is 0.855. The second kappa shape index (κ2) is 3.72. The number of carboxylic acid groups (broad SMARTS) is 1. The molecule has 1 heterocycles. The molecule has 1 N–H and O–H groups in total. The summed E-state index contributed by atoms with van der Waals surface area (Å²) in [6.45, 7) is 0. The second-order valence-corrected chi connectivity index (χ2v) is 3.79. The van der Waals surface area contributed by atoms with Crippen molar-refractivity contribution in [2.45, 2.75) is 0 Å². The molecule has 0 unspecified atom stereocenters. The number of hydrogen-bond donors (Lipinski definition) is 1. The Balaban J connectivity index is 2.83. The normalized spacial score (nSPS) is 10.7. The van der Waals surface area contributed by atoms with Gasteiger partial charge in [-0.3, -0.25) is 0 Å². The number of carbonyl (C=O) groups is 1. The average Bonchev–Trinajstić information content (AvgIpc) is 2.51. The zero-order chi connectivity index (χ0) is 11.9. The molecule has 0 aliphatic rings. The Morgan fingerprint density at radius 3 is 2.75 bits per heavy atom. The van der Waals surface area contributed by atoms with Gasteiger partial charge in [0.25, 0.3) is 0 Å². The first-order valence-electron chi connectivity index (χ1n) is 4.61. The number of benzene rings is 1. The van der Waals surface area contributed by atoms with Crippen molar-refractivity contribution < 1.29 is 14.6 Å². The third-order valence-corrected chi connectivity index (χ3v) is 2.93. The first kappa shape index (κ1) is 10.8. The van der Waals surface area contributed by atoms with Gasteiger partial charge in [0.2, 0.25) is 0 Å². The number of aromatic carboxylic acids is 1. The molecule has 0 radical (unpaired) electrons. The van der Waals surface area contributed by atoms with Crippen LogP contribution in [0.4, 0.5) is 0 Å². The van der Waals surface area contributed by atoms with Crippen LogP contribution < -0.4 is 4.74 Å². The van der Waals surface area contributed by atoms with E-state index >= 15 is 0 Å². The average molecular weight is 240 g/mol. The van der Waals surface area contributed by atoms with Crippen molar-refractivity contribution in [3.8, 4) is 5.75 Å². The lowest BCUT2D eigenvalue weighted by Crippen LogP contribution is -2.04. The van der Waals surface area contributed by atoms with E-state index in [1.165, 1.54) is 0 Å².